The van der Waals surface area contributed by atoms with Crippen molar-refractivity contribution >= 4 is 145 Å². The zero-order valence-corrected chi connectivity index (χ0v) is 46.9. The summed E-state index contributed by atoms with van der Waals surface area (Å²) in [7, 11) is -23.2. The van der Waals surface area contributed by atoms with E-state index in [9.17, 15) is 80.3 Å². The zero-order valence-electron chi connectivity index (χ0n) is 41.2. The number of aliphatic hydroxyl groups is 1. The fourth-order valence-electron chi connectivity index (χ4n) is 7.93. The summed E-state index contributed by atoms with van der Waals surface area (Å²) in [5.41, 5.74) is -0.191. The lowest BCUT2D eigenvalue weighted by Crippen LogP contribution is -2.08. The van der Waals surface area contributed by atoms with Crippen molar-refractivity contribution in [3.05, 3.63) is 88.5 Å². The van der Waals surface area contributed by atoms with Crippen LogP contribution in [0.4, 0.5) is 33.6 Å². The lowest BCUT2D eigenvalue weighted by Gasteiger charge is -2.12. The second-order valence-electron chi connectivity index (χ2n) is 17.3. The first-order chi connectivity index (χ1) is 37.3. The van der Waals surface area contributed by atoms with Gasteiger partial charge in [0.1, 0.15) is 43.9 Å². The van der Waals surface area contributed by atoms with Crippen molar-refractivity contribution in [2.45, 2.75) is 59.8 Å². The van der Waals surface area contributed by atoms with Gasteiger partial charge in [-0.25, -0.2) is 9.97 Å². The molecule has 0 radical (unpaired) electrons. The predicted octanol–water partition coefficient (Wildman–Crippen LogP) is 9.26. The van der Waals surface area contributed by atoms with Gasteiger partial charge in [-0.2, -0.15) is 52.5 Å². The third-order valence-corrected chi connectivity index (χ3v) is 17.9. The first-order valence-electron chi connectivity index (χ1n) is 22.6. The highest BCUT2D eigenvalue weighted by molar-refractivity contribution is 7.99. The number of nitrogens with zero attached hydrogens (tertiary/aromatic N) is 10. The van der Waals surface area contributed by atoms with Crippen LogP contribution in [0.3, 0.4) is 0 Å². The minimum atomic E-state index is -4.92. The Labute approximate surface area is 462 Å². The molecule has 0 saturated heterocycles. The molecule has 35 heteroatoms. The molecule has 0 atom stereocenters. The van der Waals surface area contributed by atoms with Crippen molar-refractivity contribution < 1.29 is 79.8 Å². The number of thioether (sulfide) groups is 1. The minimum absolute atomic E-state index is 0.00298. The number of benzene rings is 5. The first-order valence-corrected chi connectivity index (χ1v) is 31.9. The number of ether oxygens (including phenoxy) is 1. The van der Waals surface area contributed by atoms with E-state index in [2.05, 4.69) is 40.7 Å². The summed E-state index contributed by atoms with van der Waals surface area (Å²) in [4.78, 5) is 7.03. The second kappa shape index (κ2) is 22.5. The number of hydrogen-bond donors (Lipinski definition) is 7. The summed E-state index contributed by atoms with van der Waals surface area (Å²) in [6, 6.07) is 14.5. The van der Waals surface area contributed by atoms with Crippen LogP contribution in [-0.4, -0.2) is 113 Å². The summed E-state index contributed by atoms with van der Waals surface area (Å²) in [5.74, 6) is -1.96. The van der Waals surface area contributed by atoms with E-state index in [-0.39, 0.29) is 124 Å². The molecular formula is C45H40N10O18S7. The Balaban J connectivity index is 1.20. The number of pyridine rings is 1. The topological polar surface area (TPSA) is 450 Å². The number of nitriles is 1. The average Bonchev–Trinajstić information content (AvgIpc) is 4.19. The van der Waals surface area contributed by atoms with Crippen LogP contribution in [0, 0.1) is 32.1 Å². The van der Waals surface area contributed by atoms with Crippen molar-refractivity contribution in [3.8, 4) is 17.7 Å². The third-order valence-electron chi connectivity index (χ3n) is 11.6. The fourth-order valence-corrected chi connectivity index (χ4v) is 13.0. The SMILES string of the molecule is Cc1cc(S(=O)(=O)O)c2nc3c(C#N)c(C)c(N=Nc4cc(C)c(N=Nc5cc(CO)c(N=Nc6nc7c(S(=O)(=O)O)cc8ccc(S(=O)(=O)O)cc8c7s6)cc5SCCCS(=O)(=O)O)cc4OCCCS(=O)(=O)O)c(O)n3c2c1. The summed E-state index contributed by atoms with van der Waals surface area (Å²) in [5, 5.41) is 58.3. The Morgan fingerprint density at radius 2 is 1.35 bits per heavy atom. The molecule has 420 valence electrons. The van der Waals surface area contributed by atoms with Gasteiger partial charge in [-0.05, 0) is 104 Å². The summed E-state index contributed by atoms with van der Waals surface area (Å²) in [6.07, 6.45) is -0.274. The number of imidazole rings is 1. The molecule has 0 aliphatic rings. The van der Waals surface area contributed by atoms with Gasteiger partial charge in [-0.3, -0.25) is 27.2 Å². The van der Waals surface area contributed by atoms with E-state index in [1.165, 1.54) is 50.2 Å². The van der Waals surface area contributed by atoms with Crippen molar-refractivity contribution in [1.29, 1.82) is 5.26 Å². The molecule has 0 amide bonds. The molecule has 5 aromatic carbocycles. The highest BCUT2D eigenvalue weighted by Crippen LogP contribution is 2.44. The van der Waals surface area contributed by atoms with Gasteiger partial charge in [-0.15, -0.1) is 37.3 Å². The fraction of sp³-hybridized carbons (Fsp3) is 0.222. The van der Waals surface area contributed by atoms with E-state index in [0.717, 1.165) is 51.8 Å². The Morgan fingerprint density at radius 3 is 2.00 bits per heavy atom. The van der Waals surface area contributed by atoms with Crippen LogP contribution in [-0.2, 0) is 57.2 Å². The molecule has 7 N–H and O–H groups in total. The monoisotopic (exact) mass is 1230 g/mol. The third kappa shape index (κ3) is 13.1. The maximum absolute atomic E-state index is 12.5. The summed E-state index contributed by atoms with van der Waals surface area (Å²) >= 11 is 1.78. The lowest BCUT2D eigenvalue weighted by molar-refractivity contribution is 0.282. The number of azo groups is 3. The molecule has 0 aliphatic carbocycles. The molecule has 28 nitrogen and oxygen atoms in total. The number of aromatic nitrogens is 3. The number of hydrogen-bond acceptors (Lipinski definition) is 24. The Kier molecular flexibility index (Phi) is 16.6. The van der Waals surface area contributed by atoms with E-state index in [1.54, 1.807) is 6.92 Å². The number of aliphatic hydroxyl groups excluding tert-OH is 1. The van der Waals surface area contributed by atoms with Gasteiger partial charge in [0.05, 0.1) is 56.9 Å². The van der Waals surface area contributed by atoms with Crippen LogP contribution in [0.2, 0.25) is 0 Å². The number of thiazole rings is 1. The van der Waals surface area contributed by atoms with Gasteiger partial charge in [0.25, 0.3) is 50.6 Å². The van der Waals surface area contributed by atoms with Crippen molar-refractivity contribution in [3.63, 3.8) is 0 Å². The van der Waals surface area contributed by atoms with E-state index >= 15 is 0 Å². The van der Waals surface area contributed by atoms with E-state index < -0.39 is 89.3 Å². The van der Waals surface area contributed by atoms with Crippen molar-refractivity contribution in [2.24, 2.45) is 30.7 Å². The van der Waals surface area contributed by atoms with Gasteiger partial charge in [-0.1, -0.05) is 17.4 Å². The molecule has 0 unspecified atom stereocenters. The van der Waals surface area contributed by atoms with Gasteiger partial charge in [0.2, 0.25) is 11.0 Å². The van der Waals surface area contributed by atoms with Crippen LogP contribution in [0.15, 0.2) is 111 Å². The van der Waals surface area contributed by atoms with E-state index in [4.69, 9.17) is 4.74 Å². The van der Waals surface area contributed by atoms with Crippen LogP contribution in [0.5, 0.6) is 11.6 Å². The lowest BCUT2D eigenvalue weighted by atomic mass is 10.1. The van der Waals surface area contributed by atoms with E-state index in [1.807, 2.05) is 6.07 Å². The normalized spacial score (nSPS) is 13.1. The van der Waals surface area contributed by atoms with Gasteiger partial charge in [0.15, 0.2) is 11.3 Å². The average molecular weight is 1230 g/mol. The number of rotatable bonds is 20. The van der Waals surface area contributed by atoms with Crippen molar-refractivity contribution in [2.75, 3.05) is 23.9 Å². The maximum Gasteiger partial charge on any atom is 0.296 e. The molecule has 3 heterocycles. The molecule has 0 saturated carbocycles. The molecule has 8 aromatic rings. The number of fused-ring (bicyclic) bond motifs is 6. The first kappa shape index (κ1) is 59.1. The van der Waals surface area contributed by atoms with Gasteiger partial charge in [0, 0.05) is 27.5 Å². The van der Waals surface area contributed by atoms with E-state index in [0.29, 0.717) is 11.1 Å². The quantitative estimate of drug-likeness (QED) is 0.0162. The molecule has 0 spiro atoms. The van der Waals surface area contributed by atoms with Crippen LogP contribution in [0.1, 0.15) is 40.7 Å². The molecule has 8 rings (SSSR count). The summed E-state index contributed by atoms with van der Waals surface area (Å²) < 4.78 is 175. The maximum atomic E-state index is 12.5. The smallest absolute Gasteiger partial charge is 0.296 e. The van der Waals surface area contributed by atoms with Crippen LogP contribution < -0.4 is 4.74 Å². The van der Waals surface area contributed by atoms with Crippen molar-refractivity contribution in [1.82, 2.24) is 14.4 Å². The van der Waals surface area contributed by atoms with Crippen LogP contribution in [0.25, 0.3) is 37.7 Å². The Bertz CT molecular complexity index is 4640. The molecule has 0 fully saturated rings. The molecule has 3 aromatic heterocycles. The highest BCUT2D eigenvalue weighted by atomic mass is 32.2. The van der Waals surface area contributed by atoms with Crippen LogP contribution >= 0.6 is 23.1 Å². The zero-order chi connectivity index (χ0) is 58.4. The Morgan fingerprint density at radius 1 is 0.700 bits per heavy atom. The minimum Gasteiger partial charge on any atom is -0.493 e. The molecule has 0 aliphatic heterocycles. The predicted molar refractivity (Wildman–Crippen MR) is 289 cm³/mol. The largest absolute Gasteiger partial charge is 0.493 e. The number of aryl methyl sites for hydroxylation is 2. The van der Waals surface area contributed by atoms with Gasteiger partial charge < -0.3 is 14.9 Å². The molecule has 80 heavy (non-hydrogen) atoms. The standard InChI is InChI=1S/C45H40N10O18S7/c1-22-12-34-40(37(13-22)79(67,68)69)47-43-29(20-46)24(3)39(44(57)55(34)43)53-51-32-14-23(2)30(18-35(32)73-8-4-10-76(58,59)60)49-52-33-15-26(21-56)31(19-36(33)74-9-5-11-77(61,62)63)50-54-45-48-41-38(80(70,71)72)16-25-6-7-27(78(64,65)66)17-28(25)42(41)75-45/h6-7,12-19,56-57H,4-5,8-11,21H2,1-3H3,(H,58,59,60)(H,61,62,63)(H,64,65,66)(H,67,68,69)(H,70,71,72). The Hall–Kier alpha value is -7.05. The molecule has 0 bridgehead atoms. The molecular weight excluding hydrogens is 1190 g/mol. The summed E-state index contributed by atoms with van der Waals surface area (Å²) in [6.45, 7) is 3.51. The number of aromatic hydroxyl groups is 1. The second-order valence-corrected chi connectivity index (χ2v) is 26.8. The van der Waals surface area contributed by atoms with Gasteiger partial charge >= 0.3 is 0 Å². The highest BCUT2D eigenvalue weighted by Gasteiger charge is 2.27.